The summed E-state index contributed by atoms with van der Waals surface area (Å²) in [5, 5.41) is 1.86. The Bertz CT molecular complexity index is 527. The van der Waals surface area contributed by atoms with Gasteiger partial charge in [0, 0.05) is 12.0 Å². The topological polar surface area (TPSA) is 94.6 Å². The van der Waals surface area contributed by atoms with Gasteiger partial charge >= 0.3 is 5.97 Å². The highest BCUT2D eigenvalue weighted by molar-refractivity contribution is 7.92. The molecule has 0 aliphatic carbocycles. The molecule has 0 spiro atoms. The van der Waals surface area contributed by atoms with E-state index in [1.165, 1.54) is 0 Å². The number of nitrogens with one attached hydrogen (secondary N) is 1. The van der Waals surface area contributed by atoms with E-state index in [9.17, 15) is 13.2 Å². The number of hydrogen-bond acceptors (Lipinski definition) is 7. The first-order valence-corrected chi connectivity index (χ1v) is 8.68. The molecule has 1 N–H and O–H groups in total. The van der Waals surface area contributed by atoms with Crippen LogP contribution in [-0.4, -0.2) is 44.9 Å². The quantitative estimate of drug-likeness (QED) is 0.539. The van der Waals surface area contributed by atoms with Crippen LogP contribution in [0.3, 0.4) is 0 Å². The van der Waals surface area contributed by atoms with Gasteiger partial charge in [-0.25, -0.2) is 13.4 Å². The smallest absolute Gasteiger partial charge is 0.311 e. The second-order valence-corrected chi connectivity index (χ2v) is 6.44. The summed E-state index contributed by atoms with van der Waals surface area (Å²) >= 11 is 1.13. The summed E-state index contributed by atoms with van der Waals surface area (Å²) in [5.41, 5.74) is 0.482. The molecule has 9 heteroatoms. The molecule has 1 aromatic rings. The Balaban J connectivity index is 2.53. The molecule has 0 saturated carbocycles. The molecule has 1 rings (SSSR count). The van der Waals surface area contributed by atoms with Crippen molar-refractivity contribution in [1.82, 2.24) is 4.98 Å². The van der Waals surface area contributed by atoms with Gasteiger partial charge in [0.15, 0.2) is 5.13 Å². The predicted octanol–water partition coefficient (Wildman–Crippen LogP) is 1.03. The number of hydrogen-bond donors (Lipinski definition) is 1. The van der Waals surface area contributed by atoms with Crippen molar-refractivity contribution >= 4 is 32.5 Å². The lowest BCUT2D eigenvalue weighted by atomic mass is 10.3. The number of anilines is 1. The second-order valence-electron chi connectivity index (χ2n) is 3.74. The molecule has 114 valence electrons. The first-order valence-electron chi connectivity index (χ1n) is 6.15. The maximum Gasteiger partial charge on any atom is 0.311 e. The van der Waals surface area contributed by atoms with Crippen molar-refractivity contribution in [2.24, 2.45) is 0 Å². The summed E-state index contributed by atoms with van der Waals surface area (Å²) in [7, 11) is -3.48. The highest BCUT2D eigenvalue weighted by Crippen LogP contribution is 2.17. The highest BCUT2D eigenvalue weighted by atomic mass is 32.2. The monoisotopic (exact) mass is 322 g/mol. The van der Waals surface area contributed by atoms with E-state index in [-0.39, 0.29) is 29.9 Å². The van der Waals surface area contributed by atoms with Crippen LogP contribution in [0.25, 0.3) is 0 Å². The van der Waals surface area contributed by atoms with Gasteiger partial charge in [-0.2, -0.15) is 0 Å². The molecule has 20 heavy (non-hydrogen) atoms. The number of sulfonamides is 1. The van der Waals surface area contributed by atoms with E-state index in [1.807, 2.05) is 0 Å². The molecule has 1 aromatic heterocycles. The largest absolute Gasteiger partial charge is 0.466 e. The molecule has 0 atom stereocenters. The summed E-state index contributed by atoms with van der Waals surface area (Å²) < 4.78 is 35.5. The third-order valence-electron chi connectivity index (χ3n) is 2.13. The summed E-state index contributed by atoms with van der Waals surface area (Å²) in [5.74, 6) is -0.517. The molecule has 0 fully saturated rings. The highest BCUT2D eigenvalue weighted by Gasteiger charge is 2.14. The molecule has 0 amide bonds. The van der Waals surface area contributed by atoms with E-state index in [1.54, 1.807) is 19.2 Å². The van der Waals surface area contributed by atoms with Gasteiger partial charge in [0.05, 0.1) is 31.1 Å². The Morgan fingerprint density at radius 2 is 2.15 bits per heavy atom. The zero-order valence-corrected chi connectivity index (χ0v) is 13.1. The van der Waals surface area contributed by atoms with Gasteiger partial charge in [-0.05, 0) is 13.8 Å². The van der Waals surface area contributed by atoms with Crippen molar-refractivity contribution in [2.75, 3.05) is 30.3 Å². The van der Waals surface area contributed by atoms with Crippen molar-refractivity contribution in [3.63, 3.8) is 0 Å². The SMILES string of the molecule is CCOCCS(=O)(=O)Nc1nc(CC(=O)OCC)cs1. The molecule has 0 unspecified atom stereocenters. The third-order valence-corrected chi connectivity index (χ3v) is 4.27. The average Bonchev–Trinajstić information content (AvgIpc) is 2.76. The first-order chi connectivity index (χ1) is 9.46. The molecular formula is C11H18N2O5S2. The van der Waals surface area contributed by atoms with Crippen molar-refractivity contribution in [1.29, 1.82) is 0 Å². The van der Waals surface area contributed by atoms with Crippen LogP contribution in [0, 0.1) is 0 Å². The van der Waals surface area contributed by atoms with Crippen LogP contribution in [0.15, 0.2) is 5.38 Å². The van der Waals surface area contributed by atoms with Crippen LogP contribution in [0.1, 0.15) is 19.5 Å². The summed E-state index contributed by atoms with van der Waals surface area (Å²) in [6.07, 6.45) is 0.0328. The minimum absolute atomic E-state index is 0.0328. The number of thiazole rings is 1. The van der Waals surface area contributed by atoms with Gasteiger partial charge in [-0.3, -0.25) is 9.52 Å². The van der Waals surface area contributed by atoms with Gasteiger partial charge in [0.25, 0.3) is 0 Å². The summed E-state index contributed by atoms with van der Waals surface area (Å²) in [4.78, 5) is 15.3. The minimum Gasteiger partial charge on any atom is -0.466 e. The van der Waals surface area contributed by atoms with E-state index < -0.39 is 10.0 Å². The lowest BCUT2D eigenvalue weighted by Gasteiger charge is -2.04. The van der Waals surface area contributed by atoms with Crippen LogP contribution < -0.4 is 4.72 Å². The van der Waals surface area contributed by atoms with Gasteiger partial charge in [0.2, 0.25) is 10.0 Å². The third kappa shape index (κ3) is 6.31. The van der Waals surface area contributed by atoms with Crippen LogP contribution in [0.5, 0.6) is 0 Å². The van der Waals surface area contributed by atoms with Gasteiger partial charge in [-0.15, -0.1) is 11.3 Å². The van der Waals surface area contributed by atoms with Crippen LogP contribution >= 0.6 is 11.3 Å². The van der Waals surface area contributed by atoms with Crippen molar-refractivity contribution in [2.45, 2.75) is 20.3 Å². The fourth-order valence-electron chi connectivity index (χ4n) is 1.29. The molecule has 0 aliphatic rings. The Labute approximate surface area is 122 Å². The molecule has 0 bridgehead atoms. The average molecular weight is 322 g/mol. The molecule has 1 heterocycles. The van der Waals surface area contributed by atoms with Gasteiger partial charge in [-0.1, -0.05) is 0 Å². The van der Waals surface area contributed by atoms with Crippen LogP contribution in [-0.2, 0) is 30.7 Å². The Hall–Kier alpha value is -1.19. The van der Waals surface area contributed by atoms with Crippen molar-refractivity contribution < 1.29 is 22.7 Å². The van der Waals surface area contributed by atoms with Crippen LogP contribution in [0.4, 0.5) is 5.13 Å². The molecule has 0 radical (unpaired) electrons. The van der Waals surface area contributed by atoms with E-state index in [0.29, 0.717) is 18.9 Å². The Kier molecular flexibility index (Phi) is 6.89. The van der Waals surface area contributed by atoms with Crippen molar-refractivity contribution in [3.05, 3.63) is 11.1 Å². The van der Waals surface area contributed by atoms with E-state index in [0.717, 1.165) is 11.3 Å². The standard InChI is InChI=1S/C11H18N2O5S2/c1-3-17-5-6-20(15,16)13-11-12-9(8-19-11)7-10(14)18-4-2/h8H,3-7H2,1-2H3,(H,12,13). The number of carbonyl (C=O) groups excluding carboxylic acids is 1. The van der Waals surface area contributed by atoms with Crippen LogP contribution in [0.2, 0.25) is 0 Å². The first kappa shape index (κ1) is 16.9. The van der Waals surface area contributed by atoms with Crippen molar-refractivity contribution in [3.8, 4) is 0 Å². The number of aromatic nitrogens is 1. The fourth-order valence-corrected chi connectivity index (χ4v) is 3.17. The predicted molar refractivity (Wildman–Crippen MR) is 76.4 cm³/mol. The molecule has 7 nitrogen and oxygen atoms in total. The molecular weight excluding hydrogens is 304 g/mol. The number of carbonyl (C=O) groups is 1. The number of ether oxygens (including phenoxy) is 2. The lowest BCUT2D eigenvalue weighted by molar-refractivity contribution is -0.142. The van der Waals surface area contributed by atoms with E-state index in [2.05, 4.69) is 9.71 Å². The zero-order valence-electron chi connectivity index (χ0n) is 11.4. The maximum atomic E-state index is 11.7. The molecule has 0 aromatic carbocycles. The number of rotatable bonds is 9. The van der Waals surface area contributed by atoms with Gasteiger partial charge < -0.3 is 9.47 Å². The maximum absolute atomic E-state index is 11.7. The Morgan fingerprint density at radius 3 is 2.80 bits per heavy atom. The fraction of sp³-hybridized carbons (Fsp3) is 0.636. The number of esters is 1. The number of nitrogens with zero attached hydrogens (tertiary/aromatic N) is 1. The molecule has 0 aliphatic heterocycles. The zero-order chi connectivity index (χ0) is 15.0. The lowest BCUT2D eigenvalue weighted by Crippen LogP contribution is -2.20. The minimum atomic E-state index is -3.48. The van der Waals surface area contributed by atoms with E-state index in [4.69, 9.17) is 9.47 Å². The van der Waals surface area contributed by atoms with E-state index >= 15 is 0 Å². The Morgan fingerprint density at radius 1 is 1.40 bits per heavy atom. The van der Waals surface area contributed by atoms with Gasteiger partial charge in [0.1, 0.15) is 0 Å². The molecule has 0 saturated heterocycles. The summed E-state index contributed by atoms with van der Waals surface area (Å²) in [6, 6.07) is 0. The normalized spacial score (nSPS) is 11.3. The second kappa shape index (κ2) is 8.18. The summed E-state index contributed by atoms with van der Waals surface area (Å²) in [6.45, 7) is 4.42.